The maximum absolute atomic E-state index is 5.80. The van der Waals surface area contributed by atoms with Gasteiger partial charge in [-0.3, -0.25) is 5.32 Å². The van der Waals surface area contributed by atoms with Gasteiger partial charge in [-0.1, -0.05) is 30.3 Å². The van der Waals surface area contributed by atoms with Crippen LogP contribution in [0, 0.1) is 0 Å². The highest BCUT2D eigenvalue weighted by Crippen LogP contribution is 2.22. The maximum atomic E-state index is 5.80. The molecular weight excluding hydrogens is 278 g/mol. The molecule has 0 bridgehead atoms. The molecule has 0 aliphatic rings. The number of hydrogen-bond donors (Lipinski definition) is 2. The van der Waals surface area contributed by atoms with Crippen LogP contribution in [0.5, 0.6) is 0 Å². The molecule has 0 saturated carbocycles. The summed E-state index contributed by atoms with van der Waals surface area (Å²) in [5, 5.41) is 3.27. The third-order valence-corrected chi connectivity index (χ3v) is 3.25. The molecule has 2 heterocycles. The largest absolute Gasteiger partial charge is 0.439 e. The van der Waals surface area contributed by atoms with Crippen molar-refractivity contribution in [3.63, 3.8) is 0 Å². The van der Waals surface area contributed by atoms with Gasteiger partial charge < -0.3 is 10.2 Å². The summed E-state index contributed by atoms with van der Waals surface area (Å²) < 4.78 is 5.80. The second kappa shape index (κ2) is 6.36. The number of rotatable bonds is 5. The molecule has 6 heteroatoms. The van der Waals surface area contributed by atoms with Gasteiger partial charge in [0.2, 0.25) is 5.89 Å². The van der Waals surface area contributed by atoms with Crippen molar-refractivity contribution in [3.05, 3.63) is 60.5 Å². The van der Waals surface area contributed by atoms with E-state index >= 15 is 0 Å². The Hall–Kier alpha value is -2.73. The van der Waals surface area contributed by atoms with Gasteiger partial charge in [0.15, 0.2) is 5.76 Å². The molecule has 0 aliphatic heterocycles. The first-order valence-electron chi connectivity index (χ1n) is 7.04. The summed E-state index contributed by atoms with van der Waals surface area (Å²) in [6.07, 6.45) is 3.38. The topological polar surface area (TPSA) is 89.9 Å². The third-order valence-electron chi connectivity index (χ3n) is 3.25. The van der Waals surface area contributed by atoms with E-state index in [2.05, 4.69) is 20.3 Å². The summed E-state index contributed by atoms with van der Waals surface area (Å²) in [5.74, 6) is 2.48. The number of benzene rings is 1. The average Bonchev–Trinajstić information content (AvgIpc) is 3.04. The van der Waals surface area contributed by atoms with Crippen LogP contribution in [-0.2, 0) is 6.54 Å². The molecule has 0 spiro atoms. The van der Waals surface area contributed by atoms with Gasteiger partial charge in [0.25, 0.3) is 0 Å². The van der Waals surface area contributed by atoms with Crippen molar-refractivity contribution in [2.75, 3.05) is 5.73 Å². The van der Waals surface area contributed by atoms with E-state index in [1.807, 2.05) is 37.3 Å². The molecule has 1 aromatic carbocycles. The molecule has 0 aliphatic carbocycles. The lowest BCUT2D eigenvalue weighted by Gasteiger charge is -2.09. The summed E-state index contributed by atoms with van der Waals surface area (Å²) in [7, 11) is 0. The molecule has 6 nitrogen and oxygen atoms in total. The fraction of sp³-hybridized carbons (Fsp3) is 0.188. The molecule has 0 fully saturated rings. The van der Waals surface area contributed by atoms with Gasteiger partial charge >= 0.3 is 0 Å². The number of anilines is 1. The minimum atomic E-state index is -0.0532. The molecule has 22 heavy (non-hydrogen) atoms. The molecule has 3 N–H and O–H groups in total. The van der Waals surface area contributed by atoms with E-state index in [9.17, 15) is 0 Å². The van der Waals surface area contributed by atoms with Crippen LogP contribution in [-0.4, -0.2) is 15.0 Å². The van der Waals surface area contributed by atoms with Gasteiger partial charge in [-0.05, 0) is 13.0 Å². The zero-order chi connectivity index (χ0) is 15.4. The molecular formula is C16H17N5O. The summed E-state index contributed by atoms with van der Waals surface area (Å²) in [4.78, 5) is 12.6. The Labute approximate surface area is 128 Å². The third kappa shape index (κ3) is 3.29. The van der Waals surface area contributed by atoms with Crippen molar-refractivity contribution in [1.82, 2.24) is 20.3 Å². The molecule has 2 aromatic heterocycles. The first-order valence-corrected chi connectivity index (χ1v) is 7.04. The van der Waals surface area contributed by atoms with E-state index in [0.29, 0.717) is 24.1 Å². The van der Waals surface area contributed by atoms with Crippen LogP contribution in [0.4, 0.5) is 5.82 Å². The van der Waals surface area contributed by atoms with E-state index < -0.39 is 0 Å². The van der Waals surface area contributed by atoms with Gasteiger partial charge in [0.05, 0.1) is 18.8 Å². The minimum absolute atomic E-state index is 0.0532. The quantitative estimate of drug-likeness (QED) is 0.752. The Bertz CT molecular complexity index is 741. The summed E-state index contributed by atoms with van der Waals surface area (Å²) in [6, 6.07) is 11.5. The van der Waals surface area contributed by atoms with E-state index in [1.54, 1.807) is 18.5 Å². The summed E-state index contributed by atoms with van der Waals surface area (Å²) in [5.41, 5.74) is 6.64. The van der Waals surface area contributed by atoms with Gasteiger partial charge in [-0.15, -0.1) is 0 Å². The van der Waals surface area contributed by atoms with Crippen LogP contribution in [0.3, 0.4) is 0 Å². The van der Waals surface area contributed by atoms with Crippen molar-refractivity contribution in [2.45, 2.75) is 19.5 Å². The van der Waals surface area contributed by atoms with Crippen molar-refractivity contribution >= 4 is 5.82 Å². The number of nitrogen functional groups attached to an aromatic ring is 1. The van der Waals surface area contributed by atoms with Crippen molar-refractivity contribution in [3.8, 4) is 11.3 Å². The lowest BCUT2D eigenvalue weighted by Crippen LogP contribution is -2.20. The van der Waals surface area contributed by atoms with E-state index in [0.717, 1.165) is 11.3 Å². The Morgan fingerprint density at radius 1 is 1.18 bits per heavy atom. The van der Waals surface area contributed by atoms with E-state index in [-0.39, 0.29) is 6.04 Å². The normalized spacial score (nSPS) is 12.2. The predicted molar refractivity (Wildman–Crippen MR) is 83.6 cm³/mol. The lowest BCUT2D eigenvalue weighted by molar-refractivity contribution is 0.418. The number of nitrogens with two attached hydrogens (primary N) is 1. The molecule has 112 valence electrons. The highest BCUT2D eigenvalue weighted by molar-refractivity contribution is 5.55. The zero-order valence-corrected chi connectivity index (χ0v) is 12.2. The predicted octanol–water partition coefficient (Wildman–Crippen LogP) is 2.56. The Morgan fingerprint density at radius 3 is 2.77 bits per heavy atom. The number of nitrogens with zero attached hydrogens (tertiary/aromatic N) is 3. The van der Waals surface area contributed by atoms with E-state index in [1.165, 1.54) is 0 Å². The standard InChI is InChI=1S/C16H17N5O/c1-11(19-10-15-18-8-7-14(17)21-15)16-20-9-13(22-16)12-5-3-2-4-6-12/h2-9,11,19H,10H2,1H3,(H2,17,18,21)/t11-/m1/s1. The smallest absolute Gasteiger partial charge is 0.211 e. The van der Waals surface area contributed by atoms with Crippen molar-refractivity contribution < 1.29 is 4.42 Å². The number of hydrogen-bond acceptors (Lipinski definition) is 6. The Morgan fingerprint density at radius 2 is 2.00 bits per heavy atom. The molecule has 1 atom stereocenters. The molecule has 3 rings (SSSR count). The van der Waals surface area contributed by atoms with E-state index in [4.69, 9.17) is 10.2 Å². The van der Waals surface area contributed by atoms with Crippen molar-refractivity contribution in [1.29, 1.82) is 0 Å². The highest BCUT2D eigenvalue weighted by atomic mass is 16.4. The second-order valence-electron chi connectivity index (χ2n) is 4.93. The van der Waals surface area contributed by atoms with Crippen LogP contribution in [0.25, 0.3) is 11.3 Å². The minimum Gasteiger partial charge on any atom is -0.439 e. The number of nitrogens with one attached hydrogen (secondary N) is 1. The monoisotopic (exact) mass is 295 g/mol. The second-order valence-corrected chi connectivity index (χ2v) is 4.93. The fourth-order valence-corrected chi connectivity index (χ4v) is 2.06. The molecule has 0 amide bonds. The van der Waals surface area contributed by atoms with Gasteiger partial charge in [-0.25, -0.2) is 15.0 Å². The maximum Gasteiger partial charge on any atom is 0.211 e. The van der Waals surface area contributed by atoms with Crippen molar-refractivity contribution in [2.24, 2.45) is 0 Å². The lowest BCUT2D eigenvalue weighted by atomic mass is 10.2. The first kappa shape index (κ1) is 14.2. The molecule has 3 aromatic rings. The van der Waals surface area contributed by atoms with Crippen LogP contribution in [0.2, 0.25) is 0 Å². The average molecular weight is 295 g/mol. The van der Waals surface area contributed by atoms with Gasteiger partial charge in [0.1, 0.15) is 11.6 Å². The highest BCUT2D eigenvalue weighted by Gasteiger charge is 2.13. The number of aromatic nitrogens is 3. The van der Waals surface area contributed by atoms with Crippen LogP contribution in [0.15, 0.2) is 53.2 Å². The first-order chi connectivity index (χ1) is 10.7. The number of oxazole rings is 1. The van der Waals surface area contributed by atoms with Gasteiger partial charge in [0, 0.05) is 11.8 Å². The Balaban J connectivity index is 1.66. The van der Waals surface area contributed by atoms with Crippen LogP contribution < -0.4 is 11.1 Å². The van der Waals surface area contributed by atoms with Gasteiger partial charge in [-0.2, -0.15) is 0 Å². The van der Waals surface area contributed by atoms with Crippen LogP contribution in [0.1, 0.15) is 24.7 Å². The summed E-state index contributed by atoms with van der Waals surface area (Å²) in [6.45, 7) is 2.47. The molecule has 0 unspecified atom stereocenters. The molecule has 0 radical (unpaired) electrons. The fourth-order valence-electron chi connectivity index (χ4n) is 2.06. The summed E-state index contributed by atoms with van der Waals surface area (Å²) >= 11 is 0. The molecule has 0 saturated heterocycles. The Kier molecular flexibility index (Phi) is 4.11. The zero-order valence-electron chi connectivity index (χ0n) is 12.2. The SMILES string of the molecule is C[C@@H](NCc1nccc(N)n1)c1ncc(-c2ccccc2)o1. The van der Waals surface area contributed by atoms with Crippen LogP contribution >= 0.6 is 0 Å².